The van der Waals surface area contributed by atoms with Crippen LogP contribution in [-0.2, 0) is 4.79 Å². The Morgan fingerprint density at radius 3 is 2.86 bits per heavy atom. The summed E-state index contributed by atoms with van der Waals surface area (Å²) in [5.41, 5.74) is 1.85. The van der Waals surface area contributed by atoms with Crippen molar-refractivity contribution in [3.63, 3.8) is 0 Å². The molecule has 0 fully saturated rings. The van der Waals surface area contributed by atoms with Gasteiger partial charge >= 0.3 is 0 Å². The van der Waals surface area contributed by atoms with Gasteiger partial charge in [0.15, 0.2) is 0 Å². The maximum atomic E-state index is 11.2. The zero-order valence-corrected chi connectivity index (χ0v) is 9.47. The number of hydrogen-bond donors (Lipinski definition) is 2. The minimum absolute atomic E-state index is 0.125. The molecule has 0 spiro atoms. The van der Waals surface area contributed by atoms with Crippen LogP contribution in [0.15, 0.2) is 22.7 Å². The van der Waals surface area contributed by atoms with Gasteiger partial charge in [0.25, 0.3) is 0 Å². The van der Waals surface area contributed by atoms with Gasteiger partial charge in [-0.3, -0.25) is 4.79 Å². The Hall–Kier alpha value is -0.870. The molecule has 2 N–H and O–H groups in total. The molecular formula is C10H12BrNO2. The average molecular weight is 258 g/mol. The molecule has 76 valence electrons. The number of nitrogens with one attached hydrogen (secondary N) is 1. The van der Waals surface area contributed by atoms with Gasteiger partial charge < -0.3 is 10.4 Å². The third-order valence-corrected chi connectivity index (χ3v) is 2.39. The molecule has 3 nitrogen and oxygen atoms in total. The summed E-state index contributed by atoms with van der Waals surface area (Å²) in [5.74, 6) is -0.183. The molecule has 0 saturated carbocycles. The summed E-state index contributed by atoms with van der Waals surface area (Å²) < 4.78 is 0.851. The Morgan fingerprint density at radius 2 is 2.29 bits per heavy atom. The number of carbonyl (C=O) groups excluding carboxylic acids is 1. The number of aliphatic hydroxyl groups excluding tert-OH is 1. The van der Waals surface area contributed by atoms with E-state index in [1.165, 1.54) is 0 Å². The number of carbonyl (C=O) groups is 1. The van der Waals surface area contributed by atoms with Crippen molar-refractivity contribution in [3.05, 3.63) is 28.2 Å². The van der Waals surface area contributed by atoms with E-state index in [9.17, 15) is 4.79 Å². The fourth-order valence-corrected chi connectivity index (χ4v) is 1.63. The van der Waals surface area contributed by atoms with E-state index in [-0.39, 0.29) is 18.9 Å². The zero-order chi connectivity index (χ0) is 10.6. The largest absolute Gasteiger partial charge is 0.396 e. The molecule has 0 radical (unpaired) electrons. The monoisotopic (exact) mass is 257 g/mol. The number of benzene rings is 1. The minimum Gasteiger partial charge on any atom is -0.396 e. The van der Waals surface area contributed by atoms with Gasteiger partial charge in [0.2, 0.25) is 5.91 Å². The molecule has 0 aliphatic rings. The Morgan fingerprint density at radius 1 is 1.57 bits per heavy atom. The number of aliphatic hydroxyl groups is 1. The summed E-state index contributed by atoms with van der Waals surface area (Å²) >= 11 is 3.35. The van der Waals surface area contributed by atoms with Crippen LogP contribution in [0.3, 0.4) is 0 Å². The maximum absolute atomic E-state index is 11.2. The van der Waals surface area contributed by atoms with Crippen LogP contribution >= 0.6 is 15.9 Å². The molecule has 14 heavy (non-hydrogen) atoms. The molecule has 0 heterocycles. The van der Waals surface area contributed by atoms with Crippen molar-refractivity contribution < 1.29 is 9.90 Å². The highest BCUT2D eigenvalue weighted by atomic mass is 79.9. The molecule has 4 heteroatoms. The van der Waals surface area contributed by atoms with Gasteiger partial charge in [-0.1, -0.05) is 6.07 Å². The third-order valence-electron chi connectivity index (χ3n) is 1.74. The predicted molar refractivity (Wildman–Crippen MR) is 59.2 cm³/mol. The standard InChI is InChI=1S/C10H12BrNO2/c1-7-2-3-9(8(11)6-7)12-10(14)4-5-13/h2-3,6,13H,4-5H2,1H3,(H,12,14). The Balaban J connectivity index is 2.72. The number of aryl methyl sites for hydroxylation is 1. The average Bonchev–Trinajstić information content (AvgIpc) is 2.10. The lowest BCUT2D eigenvalue weighted by atomic mass is 10.2. The number of rotatable bonds is 3. The second-order valence-corrected chi connectivity index (χ2v) is 3.86. The highest BCUT2D eigenvalue weighted by molar-refractivity contribution is 9.10. The first-order valence-corrected chi connectivity index (χ1v) is 5.09. The second-order valence-electron chi connectivity index (χ2n) is 3.01. The predicted octanol–water partition coefficient (Wildman–Crippen LogP) is 2.08. The van der Waals surface area contributed by atoms with Gasteiger partial charge in [0.1, 0.15) is 0 Å². The van der Waals surface area contributed by atoms with E-state index in [0.29, 0.717) is 0 Å². The molecule has 0 bridgehead atoms. The van der Waals surface area contributed by atoms with Gasteiger partial charge in [0.05, 0.1) is 18.7 Å². The van der Waals surface area contributed by atoms with E-state index in [1.54, 1.807) is 0 Å². The fraction of sp³-hybridized carbons (Fsp3) is 0.300. The van der Waals surface area contributed by atoms with Crippen LogP contribution in [0.1, 0.15) is 12.0 Å². The van der Waals surface area contributed by atoms with Crippen molar-refractivity contribution in [2.45, 2.75) is 13.3 Å². The fourth-order valence-electron chi connectivity index (χ4n) is 1.04. The molecule has 0 saturated heterocycles. The second kappa shape index (κ2) is 5.12. The quantitative estimate of drug-likeness (QED) is 0.872. The van der Waals surface area contributed by atoms with Crippen LogP contribution in [0.5, 0.6) is 0 Å². The van der Waals surface area contributed by atoms with Gasteiger partial charge in [-0.25, -0.2) is 0 Å². The molecule has 0 atom stereocenters. The summed E-state index contributed by atoms with van der Waals surface area (Å²) in [6.07, 6.45) is 0.125. The van der Waals surface area contributed by atoms with Crippen molar-refractivity contribution in [3.8, 4) is 0 Å². The van der Waals surface area contributed by atoms with Crippen molar-refractivity contribution in [2.24, 2.45) is 0 Å². The molecular weight excluding hydrogens is 246 g/mol. The maximum Gasteiger partial charge on any atom is 0.226 e. The number of amides is 1. The molecule has 1 aromatic rings. The first-order valence-electron chi connectivity index (χ1n) is 4.30. The third kappa shape index (κ3) is 3.12. The van der Waals surface area contributed by atoms with Crippen LogP contribution in [0.2, 0.25) is 0 Å². The number of halogens is 1. The normalized spacial score (nSPS) is 9.93. The van der Waals surface area contributed by atoms with Crippen LogP contribution < -0.4 is 5.32 Å². The Labute approximate surface area is 91.3 Å². The van der Waals surface area contributed by atoms with Crippen molar-refractivity contribution in [1.82, 2.24) is 0 Å². The van der Waals surface area contributed by atoms with E-state index in [1.807, 2.05) is 25.1 Å². The topological polar surface area (TPSA) is 49.3 Å². The first kappa shape index (κ1) is 11.2. The van der Waals surface area contributed by atoms with E-state index in [4.69, 9.17) is 5.11 Å². The molecule has 1 amide bonds. The number of anilines is 1. The summed E-state index contributed by atoms with van der Waals surface area (Å²) in [7, 11) is 0. The lowest BCUT2D eigenvalue weighted by Crippen LogP contribution is -2.13. The van der Waals surface area contributed by atoms with Gasteiger partial charge in [0, 0.05) is 4.47 Å². The van der Waals surface area contributed by atoms with Gasteiger partial charge in [-0.15, -0.1) is 0 Å². The van der Waals surface area contributed by atoms with Crippen LogP contribution in [0, 0.1) is 6.92 Å². The van der Waals surface area contributed by atoms with Gasteiger partial charge in [-0.2, -0.15) is 0 Å². The van der Waals surface area contributed by atoms with Crippen LogP contribution in [0.25, 0.3) is 0 Å². The lowest BCUT2D eigenvalue weighted by Gasteiger charge is -2.06. The summed E-state index contributed by atoms with van der Waals surface area (Å²) in [6, 6.07) is 5.67. The summed E-state index contributed by atoms with van der Waals surface area (Å²) in [5, 5.41) is 11.2. The highest BCUT2D eigenvalue weighted by Crippen LogP contribution is 2.23. The summed E-state index contributed by atoms with van der Waals surface area (Å²) in [6.45, 7) is 1.85. The van der Waals surface area contributed by atoms with Crippen LogP contribution in [-0.4, -0.2) is 17.6 Å². The van der Waals surface area contributed by atoms with Crippen molar-refractivity contribution in [2.75, 3.05) is 11.9 Å². The molecule has 0 aliphatic heterocycles. The summed E-state index contributed by atoms with van der Waals surface area (Å²) in [4.78, 5) is 11.2. The van der Waals surface area contributed by atoms with Crippen molar-refractivity contribution >= 4 is 27.5 Å². The van der Waals surface area contributed by atoms with Crippen molar-refractivity contribution in [1.29, 1.82) is 0 Å². The molecule has 0 aromatic heterocycles. The molecule has 1 rings (SSSR count). The zero-order valence-electron chi connectivity index (χ0n) is 7.88. The smallest absolute Gasteiger partial charge is 0.226 e. The minimum atomic E-state index is -0.183. The lowest BCUT2D eigenvalue weighted by molar-refractivity contribution is -0.116. The first-order chi connectivity index (χ1) is 6.63. The molecule has 0 unspecified atom stereocenters. The highest BCUT2D eigenvalue weighted by Gasteiger charge is 2.04. The van der Waals surface area contributed by atoms with E-state index < -0.39 is 0 Å². The SMILES string of the molecule is Cc1ccc(NC(=O)CCO)c(Br)c1. The molecule has 1 aromatic carbocycles. The number of hydrogen-bond acceptors (Lipinski definition) is 2. The van der Waals surface area contributed by atoms with E-state index in [0.717, 1.165) is 15.7 Å². The Kier molecular flexibility index (Phi) is 4.10. The van der Waals surface area contributed by atoms with E-state index in [2.05, 4.69) is 21.2 Å². The molecule has 0 aliphatic carbocycles. The van der Waals surface area contributed by atoms with Crippen LogP contribution in [0.4, 0.5) is 5.69 Å². The van der Waals surface area contributed by atoms with Gasteiger partial charge in [-0.05, 0) is 40.5 Å². The van der Waals surface area contributed by atoms with E-state index >= 15 is 0 Å². The Bertz CT molecular complexity index is 339.